The van der Waals surface area contributed by atoms with E-state index in [0.29, 0.717) is 22.9 Å². The number of benzene rings is 2. The van der Waals surface area contributed by atoms with Crippen LogP contribution in [-0.4, -0.2) is 50.8 Å². The molecule has 10 heteroatoms. The Kier molecular flexibility index (Phi) is 7.58. The van der Waals surface area contributed by atoms with Gasteiger partial charge in [-0.2, -0.15) is 11.8 Å². The summed E-state index contributed by atoms with van der Waals surface area (Å²) in [6.45, 7) is 5.28. The number of carbonyl (C=O) groups excluding carboxylic acids is 1. The number of rotatable bonds is 9. The van der Waals surface area contributed by atoms with Crippen LogP contribution in [0.3, 0.4) is 0 Å². The van der Waals surface area contributed by atoms with Crippen molar-refractivity contribution < 1.29 is 32.2 Å². The fourth-order valence-electron chi connectivity index (χ4n) is 2.68. The predicted molar refractivity (Wildman–Crippen MR) is 124 cm³/mol. The molecule has 3 rings (SSSR count). The van der Waals surface area contributed by atoms with E-state index in [1.807, 2.05) is 0 Å². The number of hydrogen-bond donors (Lipinski definition) is 1. The molecule has 1 aliphatic heterocycles. The lowest BCUT2D eigenvalue weighted by Crippen LogP contribution is -2.27. The van der Waals surface area contributed by atoms with Gasteiger partial charge in [0.05, 0.1) is 16.3 Å². The molecule has 1 fully saturated rings. The molecule has 1 heterocycles. The Morgan fingerprint density at radius 3 is 2.38 bits per heavy atom. The number of methoxy groups -OCH3 is 1. The lowest BCUT2D eigenvalue weighted by atomic mass is 10.2. The Balaban J connectivity index is 1.72. The first-order chi connectivity index (χ1) is 15.1. The van der Waals surface area contributed by atoms with Crippen LogP contribution in [-0.2, 0) is 19.3 Å². The Hall–Kier alpha value is -2.43. The molecule has 2 aromatic rings. The molecule has 0 saturated carbocycles. The van der Waals surface area contributed by atoms with Gasteiger partial charge >= 0.3 is 6.09 Å². The highest BCUT2D eigenvalue weighted by atomic mass is 32.2. The van der Waals surface area contributed by atoms with Gasteiger partial charge in [0.15, 0.2) is 16.6 Å². The van der Waals surface area contributed by atoms with Gasteiger partial charge in [-0.05, 0) is 57.2 Å². The minimum atomic E-state index is -3.30. The van der Waals surface area contributed by atoms with Crippen molar-refractivity contribution in [2.45, 2.75) is 36.5 Å². The summed E-state index contributed by atoms with van der Waals surface area (Å²) in [5, 5.41) is 2.85. The van der Waals surface area contributed by atoms with Gasteiger partial charge in [0.2, 0.25) is 0 Å². The van der Waals surface area contributed by atoms with Gasteiger partial charge in [0.25, 0.3) is 0 Å². The zero-order valence-corrected chi connectivity index (χ0v) is 20.0. The molecule has 1 N–H and O–H groups in total. The second-order valence-electron chi connectivity index (χ2n) is 8.15. The molecule has 1 aliphatic rings. The van der Waals surface area contributed by atoms with Gasteiger partial charge < -0.3 is 18.9 Å². The number of amides is 1. The minimum absolute atomic E-state index is 0.0295. The standard InChI is InChI=1S/C22H27NO7S2/c1-22(2,3)30-21(24)23-19-10-7-16(11-20(19)28-14-27-4)29-15-5-8-18(9-6-15)32(25,26)13-17-12-31-17/h5-11,17H,12-14H2,1-4H3,(H,23,24). The maximum absolute atomic E-state index is 12.4. The Bertz CT molecular complexity index is 1040. The molecular weight excluding hydrogens is 454 g/mol. The molecular formula is C22H27NO7S2. The molecule has 174 valence electrons. The lowest BCUT2D eigenvalue weighted by molar-refractivity contribution is 0.0508. The van der Waals surface area contributed by atoms with E-state index in [9.17, 15) is 13.2 Å². The SMILES string of the molecule is COCOc1cc(Oc2ccc(S(=O)(=O)CC3CS3)cc2)ccc1NC(=O)OC(C)(C)C. The first-order valence-corrected chi connectivity index (χ1v) is 12.6. The molecule has 0 aromatic heterocycles. The number of sulfone groups is 1. The van der Waals surface area contributed by atoms with Crippen LogP contribution in [0, 0.1) is 0 Å². The largest absolute Gasteiger partial charge is 0.465 e. The van der Waals surface area contributed by atoms with Crippen LogP contribution in [0.15, 0.2) is 47.4 Å². The van der Waals surface area contributed by atoms with E-state index in [1.165, 1.54) is 7.11 Å². The number of nitrogens with one attached hydrogen (secondary N) is 1. The molecule has 32 heavy (non-hydrogen) atoms. The first-order valence-electron chi connectivity index (χ1n) is 9.94. The highest BCUT2D eigenvalue weighted by Crippen LogP contribution is 2.34. The lowest BCUT2D eigenvalue weighted by Gasteiger charge is -2.20. The van der Waals surface area contributed by atoms with Crippen molar-refractivity contribution in [1.82, 2.24) is 0 Å². The Morgan fingerprint density at radius 2 is 1.78 bits per heavy atom. The van der Waals surface area contributed by atoms with E-state index >= 15 is 0 Å². The van der Waals surface area contributed by atoms with Gasteiger partial charge in [-0.25, -0.2) is 13.2 Å². The number of hydrogen-bond acceptors (Lipinski definition) is 8. The van der Waals surface area contributed by atoms with Crippen LogP contribution in [0.2, 0.25) is 0 Å². The molecule has 0 aliphatic carbocycles. The third-order valence-electron chi connectivity index (χ3n) is 4.15. The normalized spacial score (nSPS) is 15.7. The third kappa shape index (κ3) is 7.32. The highest BCUT2D eigenvalue weighted by molar-refractivity contribution is 8.08. The van der Waals surface area contributed by atoms with Gasteiger partial charge in [-0.15, -0.1) is 0 Å². The van der Waals surface area contributed by atoms with E-state index in [-0.39, 0.29) is 22.7 Å². The van der Waals surface area contributed by atoms with Crippen molar-refractivity contribution in [3.05, 3.63) is 42.5 Å². The smallest absolute Gasteiger partial charge is 0.412 e. The number of carbonyl (C=O) groups is 1. The van der Waals surface area contributed by atoms with Crippen LogP contribution >= 0.6 is 11.8 Å². The Morgan fingerprint density at radius 1 is 1.12 bits per heavy atom. The van der Waals surface area contributed by atoms with Crippen molar-refractivity contribution in [2.24, 2.45) is 0 Å². The van der Waals surface area contributed by atoms with E-state index in [4.69, 9.17) is 18.9 Å². The van der Waals surface area contributed by atoms with Crippen LogP contribution in [0.4, 0.5) is 10.5 Å². The van der Waals surface area contributed by atoms with Crippen molar-refractivity contribution in [3.8, 4) is 17.2 Å². The quantitative estimate of drug-likeness (QED) is 0.406. The van der Waals surface area contributed by atoms with E-state index in [0.717, 1.165) is 5.75 Å². The van der Waals surface area contributed by atoms with Crippen molar-refractivity contribution in [2.75, 3.05) is 30.7 Å². The topological polar surface area (TPSA) is 100 Å². The molecule has 1 atom stereocenters. The molecule has 2 aromatic carbocycles. The average molecular weight is 482 g/mol. The van der Waals surface area contributed by atoms with E-state index in [2.05, 4.69) is 5.32 Å². The summed E-state index contributed by atoms with van der Waals surface area (Å²) >= 11 is 1.65. The molecule has 0 radical (unpaired) electrons. The number of anilines is 1. The molecule has 0 bridgehead atoms. The molecule has 1 saturated heterocycles. The van der Waals surface area contributed by atoms with E-state index in [1.54, 1.807) is 75.0 Å². The third-order valence-corrected chi connectivity index (χ3v) is 7.16. The molecule has 8 nitrogen and oxygen atoms in total. The average Bonchev–Trinajstić information content (AvgIpc) is 3.50. The summed E-state index contributed by atoms with van der Waals surface area (Å²) in [5.41, 5.74) is -0.249. The minimum Gasteiger partial charge on any atom is -0.465 e. The van der Waals surface area contributed by atoms with Gasteiger partial charge in [-0.3, -0.25) is 5.32 Å². The zero-order valence-electron chi connectivity index (χ0n) is 18.4. The predicted octanol–water partition coefficient (Wildman–Crippen LogP) is 4.70. The summed E-state index contributed by atoms with van der Waals surface area (Å²) in [7, 11) is -1.81. The van der Waals surface area contributed by atoms with Crippen LogP contribution in [0.5, 0.6) is 17.2 Å². The fraction of sp³-hybridized carbons (Fsp3) is 0.409. The summed E-state index contributed by atoms with van der Waals surface area (Å²) in [6.07, 6.45) is -0.616. The monoisotopic (exact) mass is 481 g/mol. The van der Waals surface area contributed by atoms with E-state index < -0.39 is 21.5 Å². The van der Waals surface area contributed by atoms with Gasteiger partial charge in [-0.1, -0.05) is 0 Å². The molecule has 1 unspecified atom stereocenters. The van der Waals surface area contributed by atoms with Crippen molar-refractivity contribution in [3.63, 3.8) is 0 Å². The summed E-state index contributed by atoms with van der Waals surface area (Å²) in [4.78, 5) is 12.4. The highest BCUT2D eigenvalue weighted by Gasteiger charge is 2.30. The van der Waals surface area contributed by atoms with Gasteiger partial charge in [0.1, 0.15) is 22.8 Å². The maximum Gasteiger partial charge on any atom is 0.412 e. The number of ether oxygens (including phenoxy) is 4. The van der Waals surface area contributed by atoms with Crippen molar-refractivity contribution in [1.29, 1.82) is 0 Å². The Labute approximate surface area is 192 Å². The summed E-state index contributed by atoms with van der Waals surface area (Å²) in [5.74, 6) is 2.29. The second kappa shape index (κ2) is 10.0. The summed E-state index contributed by atoms with van der Waals surface area (Å²) < 4.78 is 46.4. The second-order valence-corrected chi connectivity index (χ2v) is 11.5. The van der Waals surface area contributed by atoms with Crippen LogP contribution in [0.1, 0.15) is 20.8 Å². The number of thioether (sulfide) groups is 1. The first kappa shape index (κ1) is 24.2. The summed E-state index contributed by atoms with van der Waals surface area (Å²) in [6, 6.07) is 11.2. The fourth-order valence-corrected chi connectivity index (χ4v) is 5.36. The molecule has 1 amide bonds. The van der Waals surface area contributed by atoms with Crippen LogP contribution < -0.4 is 14.8 Å². The van der Waals surface area contributed by atoms with Crippen molar-refractivity contribution >= 4 is 33.4 Å². The zero-order chi connectivity index (χ0) is 23.4. The van der Waals surface area contributed by atoms with Gasteiger partial charge in [0, 0.05) is 24.2 Å². The van der Waals surface area contributed by atoms with Crippen LogP contribution in [0.25, 0.3) is 0 Å². The molecule has 0 spiro atoms. The maximum atomic E-state index is 12.4.